The minimum absolute atomic E-state index is 0.0733. The molecule has 0 aliphatic heterocycles. The molecule has 5 heteroatoms. The molecule has 0 saturated heterocycles. The van der Waals surface area contributed by atoms with Gasteiger partial charge in [-0.3, -0.25) is 9.59 Å². The zero-order valence-electron chi connectivity index (χ0n) is 14.4. The van der Waals surface area contributed by atoms with Crippen molar-refractivity contribution in [1.82, 2.24) is 5.43 Å². The Kier molecular flexibility index (Phi) is 6.13. The fraction of sp³-hybridized carbons (Fsp3) is 0.0455. The van der Waals surface area contributed by atoms with Crippen molar-refractivity contribution in [2.75, 3.05) is 0 Å². The molecule has 0 heterocycles. The molecule has 0 unspecified atom stereocenters. The lowest BCUT2D eigenvalue weighted by Crippen LogP contribution is -2.21. The first-order valence-electron chi connectivity index (χ1n) is 8.39. The van der Waals surface area contributed by atoms with Crippen LogP contribution in [-0.4, -0.2) is 17.4 Å². The van der Waals surface area contributed by atoms with Gasteiger partial charge in [0, 0.05) is 16.1 Å². The molecule has 4 nitrogen and oxygen atoms in total. The van der Waals surface area contributed by atoms with Gasteiger partial charge in [0.1, 0.15) is 0 Å². The largest absolute Gasteiger partial charge is 0.294 e. The predicted molar refractivity (Wildman–Crippen MR) is 107 cm³/mol. The van der Waals surface area contributed by atoms with Crippen molar-refractivity contribution < 1.29 is 9.59 Å². The number of nitrogens with zero attached hydrogens (tertiary/aromatic N) is 1. The molecule has 0 fully saturated rings. The Morgan fingerprint density at radius 2 is 1.37 bits per heavy atom. The van der Waals surface area contributed by atoms with Gasteiger partial charge in [0.15, 0.2) is 5.78 Å². The molecule has 1 N–H and O–H groups in total. The van der Waals surface area contributed by atoms with Crippen LogP contribution >= 0.6 is 11.6 Å². The Balaban J connectivity index is 1.83. The summed E-state index contributed by atoms with van der Waals surface area (Å²) in [7, 11) is 0. The molecule has 27 heavy (non-hydrogen) atoms. The smallest absolute Gasteiger partial charge is 0.271 e. The van der Waals surface area contributed by atoms with Crippen molar-refractivity contribution in [3.8, 4) is 0 Å². The van der Waals surface area contributed by atoms with Gasteiger partial charge in [-0.05, 0) is 23.8 Å². The molecular formula is C22H17ClN2O2. The number of hydrazone groups is 1. The summed E-state index contributed by atoms with van der Waals surface area (Å²) >= 11 is 5.92. The molecule has 3 aromatic rings. The van der Waals surface area contributed by atoms with Crippen molar-refractivity contribution in [3.05, 3.63) is 107 Å². The number of Topliss-reactive ketones (excluding diaryl/α,β-unsaturated/α-hetero) is 1. The summed E-state index contributed by atoms with van der Waals surface area (Å²) in [6.07, 6.45) is 0.0733. The molecule has 1 amide bonds. The molecule has 0 bridgehead atoms. The number of nitrogens with one attached hydrogen (secondary N) is 1. The SMILES string of the molecule is O=C(C/C(=N/NC(=O)c1cccc(Cl)c1)c1ccccc1)c1ccccc1. The van der Waals surface area contributed by atoms with Gasteiger partial charge in [0.2, 0.25) is 0 Å². The van der Waals surface area contributed by atoms with Crippen LogP contribution in [0.5, 0.6) is 0 Å². The molecule has 3 aromatic carbocycles. The van der Waals surface area contributed by atoms with Crippen molar-refractivity contribution in [2.24, 2.45) is 5.10 Å². The van der Waals surface area contributed by atoms with Crippen LogP contribution in [0.2, 0.25) is 5.02 Å². The van der Waals surface area contributed by atoms with E-state index in [0.717, 1.165) is 5.56 Å². The third kappa shape index (κ3) is 5.12. The van der Waals surface area contributed by atoms with E-state index in [-0.39, 0.29) is 12.2 Å². The first-order valence-corrected chi connectivity index (χ1v) is 8.77. The van der Waals surface area contributed by atoms with Gasteiger partial charge in [-0.1, -0.05) is 78.3 Å². The zero-order chi connectivity index (χ0) is 19.1. The van der Waals surface area contributed by atoms with Crippen molar-refractivity contribution in [1.29, 1.82) is 0 Å². The normalized spacial score (nSPS) is 11.1. The standard InChI is InChI=1S/C22H17ClN2O2/c23-19-13-7-12-18(14-19)22(27)25-24-20(16-8-3-1-4-9-16)15-21(26)17-10-5-2-6-11-17/h1-14H,15H2,(H,25,27)/b24-20-. The van der Waals surface area contributed by atoms with Gasteiger partial charge in [-0.2, -0.15) is 5.10 Å². The predicted octanol–water partition coefficient (Wildman–Crippen LogP) is 4.75. The number of hydrogen-bond donors (Lipinski definition) is 1. The average Bonchev–Trinajstić information content (AvgIpc) is 2.72. The first-order chi connectivity index (χ1) is 13.1. The fourth-order valence-electron chi connectivity index (χ4n) is 2.53. The second kappa shape index (κ2) is 8.92. The number of carbonyl (C=O) groups is 2. The van der Waals surface area contributed by atoms with E-state index in [1.807, 2.05) is 48.5 Å². The van der Waals surface area contributed by atoms with Crippen LogP contribution < -0.4 is 5.43 Å². The van der Waals surface area contributed by atoms with Crippen LogP contribution in [0.1, 0.15) is 32.7 Å². The number of hydrogen-bond acceptors (Lipinski definition) is 3. The molecule has 134 valence electrons. The van der Waals surface area contributed by atoms with Crippen LogP contribution in [0.15, 0.2) is 90.0 Å². The van der Waals surface area contributed by atoms with E-state index in [0.29, 0.717) is 21.9 Å². The highest BCUT2D eigenvalue weighted by atomic mass is 35.5. The molecular weight excluding hydrogens is 360 g/mol. The summed E-state index contributed by atoms with van der Waals surface area (Å²) in [6, 6.07) is 24.9. The first kappa shape index (κ1) is 18.5. The number of carbonyl (C=O) groups excluding carboxylic acids is 2. The lowest BCUT2D eigenvalue weighted by Gasteiger charge is -2.08. The minimum Gasteiger partial charge on any atom is -0.294 e. The van der Waals surface area contributed by atoms with Crippen LogP contribution in [-0.2, 0) is 0 Å². The molecule has 0 aliphatic carbocycles. The maximum atomic E-state index is 12.6. The lowest BCUT2D eigenvalue weighted by atomic mass is 10.0. The Hall–Kier alpha value is -3.24. The van der Waals surface area contributed by atoms with Crippen LogP contribution in [0, 0.1) is 0 Å². The van der Waals surface area contributed by atoms with Crippen molar-refractivity contribution >= 4 is 29.0 Å². The van der Waals surface area contributed by atoms with Crippen LogP contribution in [0.25, 0.3) is 0 Å². The Morgan fingerprint density at radius 3 is 2.00 bits per heavy atom. The molecule has 0 atom stereocenters. The molecule has 3 rings (SSSR count). The highest BCUT2D eigenvalue weighted by Gasteiger charge is 2.13. The maximum absolute atomic E-state index is 12.6. The zero-order valence-corrected chi connectivity index (χ0v) is 15.2. The van der Waals surface area contributed by atoms with Crippen molar-refractivity contribution in [2.45, 2.75) is 6.42 Å². The second-order valence-corrected chi connectivity index (χ2v) is 6.28. The quantitative estimate of drug-likeness (QED) is 0.383. The van der Waals surface area contributed by atoms with Gasteiger partial charge in [-0.25, -0.2) is 5.43 Å². The van der Waals surface area contributed by atoms with E-state index < -0.39 is 5.91 Å². The van der Waals surface area contributed by atoms with Crippen molar-refractivity contribution in [3.63, 3.8) is 0 Å². The Labute approximate surface area is 162 Å². The minimum atomic E-state index is -0.391. The second-order valence-electron chi connectivity index (χ2n) is 5.84. The average molecular weight is 377 g/mol. The van der Waals surface area contributed by atoms with Gasteiger partial charge in [0.05, 0.1) is 12.1 Å². The Morgan fingerprint density at radius 1 is 0.778 bits per heavy atom. The maximum Gasteiger partial charge on any atom is 0.271 e. The molecule has 0 saturated carbocycles. The van der Waals surface area contributed by atoms with E-state index in [1.54, 1.807) is 36.4 Å². The van der Waals surface area contributed by atoms with E-state index in [4.69, 9.17) is 11.6 Å². The number of amides is 1. The third-order valence-electron chi connectivity index (χ3n) is 3.91. The monoisotopic (exact) mass is 376 g/mol. The number of ketones is 1. The molecule has 0 radical (unpaired) electrons. The topological polar surface area (TPSA) is 58.5 Å². The molecule has 0 aromatic heterocycles. The summed E-state index contributed by atoms with van der Waals surface area (Å²) in [5, 5.41) is 4.69. The summed E-state index contributed by atoms with van der Waals surface area (Å²) in [5.74, 6) is -0.465. The van der Waals surface area contributed by atoms with Gasteiger partial charge < -0.3 is 0 Å². The fourth-order valence-corrected chi connectivity index (χ4v) is 2.72. The van der Waals surface area contributed by atoms with Gasteiger partial charge in [0.25, 0.3) is 5.91 Å². The summed E-state index contributed by atoms with van der Waals surface area (Å²) < 4.78 is 0. The van der Waals surface area contributed by atoms with Gasteiger partial charge >= 0.3 is 0 Å². The Bertz CT molecular complexity index is 970. The summed E-state index contributed by atoms with van der Waals surface area (Å²) in [4.78, 5) is 24.9. The lowest BCUT2D eigenvalue weighted by molar-refractivity contribution is 0.0951. The van der Waals surface area contributed by atoms with E-state index >= 15 is 0 Å². The molecule has 0 spiro atoms. The summed E-state index contributed by atoms with van der Waals surface area (Å²) in [6.45, 7) is 0. The van der Waals surface area contributed by atoms with Crippen LogP contribution in [0.4, 0.5) is 0 Å². The third-order valence-corrected chi connectivity index (χ3v) is 4.15. The summed E-state index contributed by atoms with van der Waals surface area (Å²) in [5.41, 5.74) is 4.77. The van der Waals surface area contributed by atoms with Crippen LogP contribution in [0.3, 0.4) is 0 Å². The van der Waals surface area contributed by atoms with E-state index in [2.05, 4.69) is 10.5 Å². The number of halogens is 1. The number of rotatable bonds is 6. The highest BCUT2D eigenvalue weighted by molar-refractivity contribution is 6.31. The van der Waals surface area contributed by atoms with E-state index in [9.17, 15) is 9.59 Å². The molecule has 0 aliphatic rings. The van der Waals surface area contributed by atoms with Gasteiger partial charge in [-0.15, -0.1) is 0 Å². The van der Waals surface area contributed by atoms with E-state index in [1.165, 1.54) is 0 Å². The highest BCUT2D eigenvalue weighted by Crippen LogP contribution is 2.12. The number of benzene rings is 3.